The van der Waals surface area contributed by atoms with Gasteiger partial charge in [0.15, 0.2) is 6.10 Å². The van der Waals surface area contributed by atoms with Gasteiger partial charge in [-0.1, -0.05) is 25.5 Å². The summed E-state index contributed by atoms with van der Waals surface area (Å²) in [5.41, 5.74) is 0.980. The van der Waals surface area contributed by atoms with Gasteiger partial charge in [0.25, 0.3) is 0 Å². The molecule has 4 heteroatoms. The van der Waals surface area contributed by atoms with Crippen LogP contribution in [0.15, 0.2) is 24.3 Å². The van der Waals surface area contributed by atoms with E-state index in [1.807, 2.05) is 24.3 Å². The maximum Gasteiger partial charge on any atom is 0.338 e. The lowest BCUT2D eigenvalue weighted by Gasteiger charge is -2.01. The monoisotopic (exact) mass is 250 g/mol. The first kappa shape index (κ1) is 12.9. The number of unbranched alkanes of at least 4 members (excludes halogenated alkanes) is 1. The van der Waals surface area contributed by atoms with Crippen molar-refractivity contribution in [3.05, 3.63) is 29.8 Å². The highest BCUT2D eigenvalue weighted by molar-refractivity contribution is 5.78. The van der Waals surface area contributed by atoms with Gasteiger partial charge in [0.05, 0.1) is 13.7 Å². The summed E-state index contributed by atoms with van der Waals surface area (Å²) in [4.78, 5) is 11.6. The highest BCUT2D eigenvalue weighted by atomic mass is 16.6. The van der Waals surface area contributed by atoms with Gasteiger partial charge in [-0.25, -0.2) is 4.79 Å². The van der Waals surface area contributed by atoms with Crippen LogP contribution in [0.5, 0.6) is 5.75 Å². The van der Waals surface area contributed by atoms with Crippen LogP contribution >= 0.6 is 0 Å². The van der Waals surface area contributed by atoms with Crippen LogP contribution in [0.3, 0.4) is 0 Å². The average molecular weight is 250 g/mol. The zero-order valence-electron chi connectivity index (χ0n) is 10.7. The van der Waals surface area contributed by atoms with Crippen LogP contribution in [-0.4, -0.2) is 25.8 Å². The molecule has 0 bridgehead atoms. The molecule has 0 amide bonds. The molecule has 1 saturated heterocycles. The smallest absolute Gasteiger partial charge is 0.338 e. The minimum atomic E-state index is -0.435. The number of methoxy groups -OCH3 is 1. The van der Waals surface area contributed by atoms with Crippen molar-refractivity contribution in [2.24, 2.45) is 0 Å². The number of ether oxygens (including phenoxy) is 3. The summed E-state index contributed by atoms with van der Waals surface area (Å²) >= 11 is 0. The van der Waals surface area contributed by atoms with E-state index in [0.717, 1.165) is 24.2 Å². The fraction of sp³-hybridized carbons (Fsp3) is 0.500. The molecule has 0 aliphatic carbocycles. The van der Waals surface area contributed by atoms with Crippen LogP contribution in [0.2, 0.25) is 0 Å². The number of benzene rings is 1. The highest BCUT2D eigenvalue weighted by Gasteiger charge is 2.47. The first-order chi connectivity index (χ1) is 8.76. The average Bonchev–Trinajstić information content (AvgIpc) is 3.19. The summed E-state index contributed by atoms with van der Waals surface area (Å²) in [6.07, 6.45) is 1.31. The van der Waals surface area contributed by atoms with Crippen LogP contribution in [0.25, 0.3) is 0 Å². The van der Waals surface area contributed by atoms with Crippen molar-refractivity contribution in [1.29, 1.82) is 0 Å². The Hall–Kier alpha value is -1.55. The Kier molecular flexibility index (Phi) is 4.20. The summed E-state index contributed by atoms with van der Waals surface area (Å²) in [6, 6.07) is 7.53. The minimum Gasteiger partial charge on any atom is -0.497 e. The van der Waals surface area contributed by atoms with Crippen LogP contribution < -0.4 is 4.74 Å². The van der Waals surface area contributed by atoms with Crippen LogP contribution in [-0.2, 0) is 14.3 Å². The molecule has 1 aliphatic heterocycles. The second-order valence-corrected chi connectivity index (χ2v) is 4.27. The number of hydrogen-bond donors (Lipinski definition) is 0. The van der Waals surface area contributed by atoms with E-state index in [1.54, 1.807) is 7.11 Å². The maximum absolute atomic E-state index is 11.6. The SMILES string of the molecule is CCCCOC(=O)[C@H]1O[C@@H]1c1ccc(OC)cc1. The summed E-state index contributed by atoms with van der Waals surface area (Å²) in [5, 5.41) is 0. The molecule has 1 aromatic rings. The van der Waals surface area contributed by atoms with Crippen LogP contribution in [0.4, 0.5) is 0 Å². The molecule has 1 aliphatic rings. The van der Waals surface area contributed by atoms with E-state index in [4.69, 9.17) is 14.2 Å². The molecule has 0 N–H and O–H groups in total. The van der Waals surface area contributed by atoms with E-state index in [0.29, 0.717) is 6.61 Å². The lowest BCUT2D eigenvalue weighted by molar-refractivity contribution is -0.145. The number of hydrogen-bond acceptors (Lipinski definition) is 4. The molecule has 4 nitrogen and oxygen atoms in total. The Morgan fingerprint density at radius 1 is 1.33 bits per heavy atom. The first-order valence-corrected chi connectivity index (χ1v) is 6.22. The summed E-state index contributed by atoms with van der Waals surface area (Å²) in [5.74, 6) is 0.533. The van der Waals surface area contributed by atoms with Gasteiger partial charge in [-0.3, -0.25) is 0 Å². The number of carbonyl (C=O) groups is 1. The van der Waals surface area contributed by atoms with Gasteiger partial charge < -0.3 is 14.2 Å². The van der Waals surface area contributed by atoms with Gasteiger partial charge in [-0.05, 0) is 24.1 Å². The summed E-state index contributed by atoms with van der Waals surface area (Å²) < 4.78 is 15.5. The first-order valence-electron chi connectivity index (χ1n) is 6.22. The van der Waals surface area contributed by atoms with Crippen molar-refractivity contribution in [2.75, 3.05) is 13.7 Å². The van der Waals surface area contributed by atoms with Gasteiger partial charge in [-0.2, -0.15) is 0 Å². The summed E-state index contributed by atoms with van der Waals surface area (Å²) in [7, 11) is 1.62. The third kappa shape index (κ3) is 3.01. The standard InChI is InChI=1S/C14H18O4/c1-3-4-9-17-14(15)13-12(18-13)10-5-7-11(16-2)8-6-10/h5-8,12-13H,3-4,9H2,1-2H3/t12-,13+/m1/s1. The Morgan fingerprint density at radius 3 is 2.67 bits per heavy atom. The lowest BCUT2D eigenvalue weighted by atomic mass is 10.1. The topological polar surface area (TPSA) is 48.1 Å². The van der Waals surface area contributed by atoms with Crippen LogP contribution in [0, 0.1) is 0 Å². The van der Waals surface area contributed by atoms with Crippen molar-refractivity contribution >= 4 is 5.97 Å². The minimum absolute atomic E-state index is 0.162. The molecular formula is C14H18O4. The Labute approximate surface area is 107 Å². The van der Waals surface area contributed by atoms with E-state index >= 15 is 0 Å². The fourth-order valence-corrected chi connectivity index (χ4v) is 1.74. The highest BCUT2D eigenvalue weighted by Crippen LogP contribution is 2.39. The molecule has 1 aromatic carbocycles. The number of epoxide rings is 1. The van der Waals surface area contributed by atoms with Crippen molar-refractivity contribution in [1.82, 2.24) is 0 Å². The fourth-order valence-electron chi connectivity index (χ4n) is 1.74. The van der Waals surface area contributed by atoms with E-state index in [-0.39, 0.29) is 12.1 Å². The molecule has 0 unspecified atom stereocenters. The van der Waals surface area contributed by atoms with Gasteiger partial charge in [0.2, 0.25) is 0 Å². The molecule has 1 heterocycles. The normalized spacial score (nSPS) is 21.4. The van der Waals surface area contributed by atoms with Crippen molar-refractivity contribution < 1.29 is 19.0 Å². The molecular weight excluding hydrogens is 232 g/mol. The number of rotatable bonds is 6. The van der Waals surface area contributed by atoms with Gasteiger partial charge in [-0.15, -0.1) is 0 Å². The molecule has 2 atom stereocenters. The predicted octanol–water partition coefficient (Wildman–Crippen LogP) is 2.48. The van der Waals surface area contributed by atoms with Crippen molar-refractivity contribution in [2.45, 2.75) is 32.0 Å². The molecule has 18 heavy (non-hydrogen) atoms. The third-order valence-corrected chi connectivity index (χ3v) is 2.91. The van der Waals surface area contributed by atoms with E-state index in [9.17, 15) is 4.79 Å². The molecule has 0 aromatic heterocycles. The quantitative estimate of drug-likeness (QED) is 0.442. The number of carbonyl (C=O) groups excluding carboxylic acids is 1. The van der Waals surface area contributed by atoms with E-state index < -0.39 is 6.10 Å². The zero-order chi connectivity index (χ0) is 13.0. The second kappa shape index (κ2) is 5.87. The molecule has 0 saturated carbocycles. The summed E-state index contributed by atoms with van der Waals surface area (Å²) in [6.45, 7) is 2.53. The molecule has 0 radical (unpaired) electrons. The maximum atomic E-state index is 11.6. The number of esters is 1. The third-order valence-electron chi connectivity index (χ3n) is 2.91. The van der Waals surface area contributed by atoms with E-state index in [2.05, 4.69) is 6.92 Å². The molecule has 98 valence electrons. The Bertz CT molecular complexity index is 399. The largest absolute Gasteiger partial charge is 0.497 e. The lowest BCUT2D eigenvalue weighted by Crippen LogP contribution is -2.13. The second-order valence-electron chi connectivity index (χ2n) is 4.27. The van der Waals surface area contributed by atoms with Crippen molar-refractivity contribution in [3.8, 4) is 5.75 Å². The van der Waals surface area contributed by atoms with E-state index in [1.165, 1.54) is 0 Å². The molecule has 2 rings (SSSR count). The van der Waals surface area contributed by atoms with Crippen molar-refractivity contribution in [3.63, 3.8) is 0 Å². The van der Waals surface area contributed by atoms with Gasteiger partial charge >= 0.3 is 5.97 Å². The van der Waals surface area contributed by atoms with Gasteiger partial charge in [0, 0.05) is 0 Å². The molecule has 1 fully saturated rings. The predicted molar refractivity (Wildman–Crippen MR) is 66.5 cm³/mol. The Balaban J connectivity index is 1.84. The zero-order valence-corrected chi connectivity index (χ0v) is 10.7. The molecule has 0 spiro atoms. The van der Waals surface area contributed by atoms with Crippen LogP contribution in [0.1, 0.15) is 31.4 Å². The Morgan fingerprint density at radius 2 is 2.06 bits per heavy atom. The van der Waals surface area contributed by atoms with Gasteiger partial charge in [0.1, 0.15) is 11.9 Å².